The van der Waals surface area contributed by atoms with Gasteiger partial charge in [-0.05, 0) is 42.3 Å². The fraction of sp³-hybridized carbons (Fsp3) is 0.238. The Hall–Kier alpha value is -3.32. The van der Waals surface area contributed by atoms with Crippen molar-refractivity contribution in [2.45, 2.75) is 20.1 Å². The van der Waals surface area contributed by atoms with Crippen molar-refractivity contribution >= 4 is 5.97 Å². The number of benzene rings is 2. The van der Waals surface area contributed by atoms with E-state index in [1.54, 1.807) is 25.3 Å². The molecule has 0 fully saturated rings. The summed E-state index contributed by atoms with van der Waals surface area (Å²) >= 11 is 0. The van der Waals surface area contributed by atoms with Crippen LogP contribution in [0.1, 0.15) is 16.8 Å². The lowest BCUT2D eigenvalue weighted by molar-refractivity contribution is -0.139. The third-order valence-corrected chi connectivity index (χ3v) is 3.97. The summed E-state index contributed by atoms with van der Waals surface area (Å²) in [6.07, 6.45) is 0. The van der Waals surface area contributed by atoms with Crippen LogP contribution in [0.15, 0.2) is 53.1 Å². The first-order valence-electron chi connectivity index (χ1n) is 8.67. The van der Waals surface area contributed by atoms with Gasteiger partial charge < -0.3 is 23.8 Å². The fourth-order valence-electron chi connectivity index (χ4n) is 2.67. The Labute approximate surface area is 162 Å². The Morgan fingerprint density at radius 3 is 2.71 bits per heavy atom. The zero-order chi connectivity index (χ0) is 19.9. The molecule has 0 spiro atoms. The van der Waals surface area contributed by atoms with Gasteiger partial charge in [-0.3, -0.25) is 0 Å². The van der Waals surface area contributed by atoms with Gasteiger partial charge in [0.05, 0.1) is 6.61 Å². The van der Waals surface area contributed by atoms with Crippen molar-refractivity contribution in [3.05, 3.63) is 65.4 Å². The largest absolute Gasteiger partial charge is 0.487 e. The van der Waals surface area contributed by atoms with Crippen LogP contribution in [0.5, 0.6) is 11.5 Å². The molecule has 0 aliphatic carbocycles. The molecule has 0 atom stereocenters. The van der Waals surface area contributed by atoms with Gasteiger partial charge in [0.15, 0.2) is 12.4 Å². The molecule has 1 N–H and O–H groups in total. The highest BCUT2D eigenvalue weighted by Crippen LogP contribution is 2.25. The van der Waals surface area contributed by atoms with Crippen molar-refractivity contribution in [3.8, 4) is 22.8 Å². The molecule has 2 aromatic carbocycles. The maximum absolute atomic E-state index is 10.6. The summed E-state index contributed by atoms with van der Waals surface area (Å²) in [5.41, 5.74) is 3.42. The molecule has 1 aromatic heterocycles. The number of ether oxygens (including phenoxy) is 3. The fourth-order valence-corrected chi connectivity index (χ4v) is 2.67. The maximum Gasteiger partial charge on any atom is 0.341 e. The van der Waals surface area contributed by atoms with Crippen molar-refractivity contribution in [1.82, 2.24) is 5.16 Å². The first kappa shape index (κ1) is 19.4. The van der Waals surface area contributed by atoms with Crippen LogP contribution in [0, 0.1) is 6.92 Å². The average Bonchev–Trinajstić information content (AvgIpc) is 3.15. The minimum Gasteiger partial charge on any atom is -0.487 e. The van der Waals surface area contributed by atoms with E-state index >= 15 is 0 Å². The van der Waals surface area contributed by atoms with E-state index in [4.69, 9.17) is 23.8 Å². The highest BCUT2D eigenvalue weighted by molar-refractivity contribution is 5.68. The van der Waals surface area contributed by atoms with E-state index in [2.05, 4.69) is 5.16 Å². The number of nitrogens with zero attached hydrogens (tertiary/aromatic N) is 1. The molecule has 0 unspecified atom stereocenters. The lowest BCUT2D eigenvalue weighted by Gasteiger charge is -2.09. The smallest absolute Gasteiger partial charge is 0.341 e. The monoisotopic (exact) mass is 383 g/mol. The van der Waals surface area contributed by atoms with Crippen LogP contribution in [0.2, 0.25) is 0 Å². The van der Waals surface area contributed by atoms with Crippen LogP contribution in [0.4, 0.5) is 0 Å². The van der Waals surface area contributed by atoms with E-state index < -0.39 is 5.97 Å². The molecular formula is C21H21NO6. The lowest BCUT2D eigenvalue weighted by atomic mass is 10.1. The van der Waals surface area contributed by atoms with Gasteiger partial charge in [0.25, 0.3) is 0 Å². The zero-order valence-electron chi connectivity index (χ0n) is 15.7. The Kier molecular flexibility index (Phi) is 6.29. The summed E-state index contributed by atoms with van der Waals surface area (Å²) in [6.45, 7) is 2.22. The first-order chi connectivity index (χ1) is 13.5. The van der Waals surface area contributed by atoms with Gasteiger partial charge in [0.2, 0.25) is 0 Å². The van der Waals surface area contributed by atoms with Crippen LogP contribution >= 0.6 is 0 Å². The predicted octanol–water partition coefficient (Wildman–Crippen LogP) is 3.84. The minimum absolute atomic E-state index is 0.246. The van der Waals surface area contributed by atoms with Gasteiger partial charge in [-0.1, -0.05) is 23.4 Å². The molecule has 0 aliphatic heterocycles. The Morgan fingerprint density at radius 1 is 1.11 bits per heavy atom. The number of carboxylic acid groups (broad SMARTS) is 1. The highest BCUT2D eigenvalue weighted by Gasteiger charge is 2.09. The van der Waals surface area contributed by atoms with E-state index in [1.807, 2.05) is 37.3 Å². The summed E-state index contributed by atoms with van der Waals surface area (Å²) in [4.78, 5) is 10.6. The number of aromatic nitrogens is 1. The molecule has 0 saturated carbocycles. The summed E-state index contributed by atoms with van der Waals surface area (Å²) in [5, 5.41) is 12.7. The SMILES string of the molecule is COCc1cccc(-c2cc(COc3ccc(OCC(=O)O)c(C)c3)no2)c1. The van der Waals surface area contributed by atoms with E-state index in [0.717, 1.165) is 16.7 Å². The lowest BCUT2D eigenvalue weighted by Crippen LogP contribution is -2.10. The highest BCUT2D eigenvalue weighted by atomic mass is 16.5. The molecule has 0 saturated heterocycles. The Morgan fingerprint density at radius 2 is 1.96 bits per heavy atom. The van der Waals surface area contributed by atoms with Gasteiger partial charge in [-0.25, -0.2) is 4.79 Å². The Bertz CT molecular complexity index is 950. The maximum atomic E-state index is 10.6. The van der Waals surface area contributed by atoms with Gasteiger partial charge in [0.1, 0.15) is 23.8 Å². The number of hydrogen-bond donors (Lipinski definition) is 1. The van der Waals surface area contributed by atoms with Gasteiger partial charge in [-0.15, -0.1) is 0 Å². The second-order valence-corrected chi connectivity index (χ2v) is 6.21. The third kappa shape index (κ3) is 5.11. The molecule has 1 heterocycles. The van der Waals surface area contributed by atoms with E-state index in [1.165, 1.54) is 0 Å². The van der Waals surface area contributed by atoms with Crippen LogP contribution in [0.3, 0.4) is 0 Å². The minimum atomic E-state index is -1.02. The van der Waals surface area contributed by atoms with Crippen LogP contribution in [0.25, 0.3) is 11.3 Å². The quantitative estimate of drug-likeness (QED) is 0.600. The number of hydrogen-bond acceptors (Lipinski definition) is 6. The topological polar surface area (TPSA) is 91.0 Å². The number of carbonyl (C=O) groups is 1. The molecule has 0 radical (unpaired) electrons. The van der Waals surface area contributed by atoms with E-state index in [-0.39, 0.29) is 13.2 Å². The van der Waals surface area contributed by atoms with Crippen molar-refractivity contribution < 1.29 is 28.6 Å². The van der Waals surface area contributed by atoms with Crippen molar-refractivity contribution in [2.75, 3.05) is 13.7 Å². The molecule has 0 bridgehead atoms. The van der Waals surface area contributed by atoms with Crippen molar-refractivity contribution in [1.29, 1.82) is 0 Å². The number of methoxy groups -OCH3 is 1. The van der Waals surface area contributed by atoms with Gasteiger partial charge in [-0.2, -0.15) is 0 Å². The first-order valence-corrected chi connectivity index (χ1v) is 8.67. The summed E-state index contributed by atoms with van der Waals surface area (Å²) in [5.74, 6) is 0.778. The van der Waals surface area contributed by atoms with Crippen LogP contribution in [-0.2, 0) is 22.7 Å². The zero-order valence-corrected chi connectivity index (χ0v) is 15.7. The van der Waals surface area contributed by atoms with E-state index in [9.17, 15) is 4.79 Å². The van der Waals surface area contributed by atoms with Crippen molar-refractivity contribution in [2.24, 2.45) is 0 Å². The Balaban J connectivity index is 1.62. The number of aryl methyl sites for hydroxylation is 1. The number of rotatable bonds is 9. The molecule has 3 rings (SSSR count). The molecule has 7 heteroatoms. The van der Waals surface area contributed by atoms with Crippen LogP contribution in [-0.4, -0.2) is 29.9 Å². The molecule has 3 aromatic rings. The molecule has 146 valence electrons. The molecule has 0 aliphatic rings. The molecular weight excluding hydrogens is 362 g/mol. The van der Waals surface area contributed by atoms with Gasteiger partial charge in [0, 0.05) is 18.7 Å². The molecule has 7 nitrogen and oxygen atoms in total. The van der Waals surface area contributed by atoms with Crippen LogP contribution < -0.4 is 9.47 Å². The summed E-state index contributed by atoms with van der Waals surface area (Å²) in [6, 6.07) is 14.9. The molecule has 0 amide bonds. The average molecular weight is 383 g/mol. The second-order valence-electron chi connectivity index (χ2n) is 6.21. The van der Waals surface area contributed by atoms with E-state index in [0.29, 0.717) is 29.6 Å². The third-order valence-electron chi connectivity index (χ3n) is 3.97. The number of carboxylic acids is 1. The summed E-state index contributed by atoms with van der Waals surface area (Å²) in [7, 11) is 1.66. The predicted molar refractivity (Wildman–Crippen MR) is 101 cm³/mol. The van der Waals surface area contributed by atoms with Gasteiger partial charge >= 0.3 is 5.97 Å². The standard InChI is InChI=1S/C21H21NO6/c1-14-8-18(6-7-19(14)27-13-21(23)24)26-12-17-10-20(28-22-17)16-5-3-4-15(9-16)11-25-2/h3-10H,11-13H2,1-2H3,(H,23,24). The second kappa shape index (κ2) is 9.05. The number of aliphatic carboxylic acids is 1. The van der Waals surface area contributed by atoms with Crippen molar-refractivity contribution in [3.63, 3.8) is 0 Å². The summed E-state index contributed by atoms with van der Waals surface area (Å²) < 4.78 is 21.5. The molecule has 28 heavy (non-hydrogen) atoms. The normalized spacial score (nSPS) is 10.6.